The molecule has 0 aliphatic heterocycles. The zero-order valence-corrected chi connectivity index (χ0v) is 35.9. The van der Waals surface area contributed by atoms with E-state index in [-0.39, 0.29) is 0 Å². The zero-order valence-electron chi connectivity index (χ0n) is 34.3. The van der Waals surface area contributed by atoms with Crippen LogP contribution >= 0.6 is 22.7 Å². The second-order valence-electron chi connectivity index (χ2n) is 16.0. The first kappa shape index (κ1) is 37.2. The van der Waals surface area contributed by atoms with E-state index in [9.17, 15) is 0 Å². The molecule has 3 heteroatoms. The molecule has 2 aromatic heterocycles. The lowest BCUT2D eigenvalue weighted by Crippen LogP contribution is -2.11. The van der Waals surface area contributed by atoms with Crippen molar-refractivity contribution in [2.24, 2.45) is 0 Å². The Kier molecular flexibility index (Phi) is 9.29. The Morgan fingerprint density at radius 3 is 1.33 bits per heavy atom. The first-order chi connectivity index (χ1) is 31.2. The lowest BCUT2D eigenvalue weighted by atomic mass is 9.97. The van der Waals surface area contributed by atoms with Crippen LogP contribution in [-0.2, 0) is 0 Å². The summed E-state index contributed by atoms with van der Waals surface area (Å²) in [6, 6.07) is 86.6. The molecule has 2 heterocycles. The van der Waals surface area contributed by atoms with Crippen LogP contribution in [0.5, 0.6) is 0 Å². The maximum atomic E-state index is 2.54. The van der Waals surface area contributed by atoms with Crippen molar-refractivity contribution in [3.8, 4) is 55.6 Å². The van der Waals surface area contributed by atoms with Gasteiger partial charge in [0.1, 0.15) is 0 Å². The summed E-state index contributed by atoms with van der Waals surface area (Å²) in [7, 11) is 0. The number of benzene rings is 10. The van der Waals surface area contributed by atoms with Gasteiger partial charge in [0.15, 0.2) is 0 Å². The minimum absolute atomic E-state index is 1.11. The van der Waals surface area contributed by atoms with E-state index in [0.717, 1.165) is 17.1 Å². The standard InChI is InChI=1S/C60H39NS2/c1-5-15-40(16-6-1)43-27-29-44(30-28-43)46-23-13-24-49(37-46)61(53-25-14-26-55-58(53)51-33-31-47(38-56(51)62-55)41-17-7-2-8-18-41)54-36-35-50(45-21-11-4-12-22-45)60-59(54)52-34-32-48(39-57(52)63-60)42-19-9-3-10-20-42/h1-39H. The molecule has 0 aliphatic carbocycles. The monoisotopic (exact) mass is 837 g/mol. The molecule has 0 fully saturated rings. The molecular formula is C60H39NS2. The highest BCUT2D eigenvalue weighted by Gasteiger charge is 2.24. The number of rotatable bonds is 8. The summed E-state index contributed by atoms with van der Waals surface area (Å²) >= 11 is 3.77. The topological polar surface area (TPSA) is 3.24 Å². The van der Waals surface area contributed by atoms with E-state index in [1.807, 2.05) is 22.7 Å². The highest BCUT2D eigenvalue weighted by Crippen LogP contribution is 2.52. The van der Waals surface area contributed by atoms with E-state index in [0.29, 0.717) is 0 Å². The number of nitrogens with zero attached hydrogens (tertiary/aromatic N) is 1. The van der Waals surface area contributed by atoms with Crippen molar-refractivity contribution < 1.29 is 0 Å². The summed E-state index contributed by atoms with van der Waals surface area (Å²) in [5.41, 5.74) is 15.6. The fourth-order valence-corrected chi connectivity index (χ4v) is 11.7. The fraction of sp³-hybridized carbons (Fsp3) is 0. The minimum Gasteiger partial charge on any atom is -0.309 e. The summed E-state index contributed by atoms with van der Waals surface area (Å²) in [5, 5.41) is 5.05. The van der Waals surface area contributed by atoms with Crippen molar-refractivity contribution in [1.82, 2.24) is 0 Å². The molecule has 0 saturated heterocycles. The van der Waals surface area contributed by atoms with E-state index in [2.05, 4.69) is 241 Å². The van der Waals surface area contributed by atoms with E-state index in [1.165, 1.54) is 96.0 Å². The minimum atomic E-state index is 1.11. The van der Waals surface area contributed by atoms with E-state index >= 15 is 0 Å². The van der Waals surface area contributed by atoms with Crippen molar-refractivity contribution >= 4 is 80.1 Å². The first-order valence-electron chi connectivity index (χ1n) is 21.4. The number of fused-ring (bicyclic) bond motifs is 6. The van der Waals surface area contributed by atoms with Crippen molar-refractivity contribution in [1.29, 1.82) is 0 Å². The average molecular weight is 838 g/mol. The zero-order chi connectivity index (χ0) is 41.7. The third-order valence-corrected chi connectivity index (χ3v) is 14.6. The third kappa shape index (κ3) is 6.70. The van der Waals surface area contributed by atoms with Crippen LogP contribution in [0.25, 0.3) is 96.0 Å². The number of hydrogen-bond donors (Lipinski definition) is 0. The molecule has 0 amide bonds. The second-order valence-corrected chi connectivity index (χ2v) is 18.2. The molecule has 1 nitrogen and oxygen atoms in total. The van der Waals surface area contributed by atoms with Gasteiger partial charge in [-0.15, -0.1) is 22.7 Å². The molecule has 0 bridgehead atoms. The molecule has 63 heavy (non-hydrogen) atoms. The van der Waals surface area contributed by atoms with Crippen molar-refractivity contribution in [3.63, 3.8) is 0 Å². The third-order valence-electron chi connectivity index (χ3n) is 12.3. The number of anilines is 3. The highest BCUT2D eigenvalue weighted by molar-refractivity contribution is 7.26. The van der Waals surface area contributed by atoms with Gasteiger partial charge in [-0.05, 0) is 98.1 Å². The molecule has 0 N–H and O–H groups in total. The lowest BCUT2D eigenvalue weighted by molar-refractivity contribution is 1.32. The Labute approximate surface area is 375 Å². The van der Waals surface area contributed by atoms with Crippen LogP contribution in [0.1, 0.15) is 0 Å². The largest absolute Gasteiger partial charge is 0.309 e. The van der Waals surface area contributed by atoms with Gasteiger partial charge >= 0.3 is 0 Å². The van der Waals surface area contributed by atoms with Crippen LogP contribution in [0, 0.1) is 0 Å². The Bertz CT molecular complexity index is 3590. The highest BCUT2D eigenvalue weighted by atomic mass is 32.1. The van der Waals surface area contributed by atoms with Crippen LogP contribution in [-0.4, -0.2) is 0 Å². The molecule has 12 aromatic rings. The van der Waals surface area contributed by atoms with Crippen molar-refractivity contribution in [3.05, 3.63) is 237 Å². The molecule has 0 atom stereocenters. The predicted molar refractivity (Wildman–Crippen MR) is 274 cm³/mol. The molecule has 0 spiro atoms. The number of thiophene rings is 2. The SMILES string of the molecule is c1ccc(-c2ccc(-c3cccc(N(c4cccc5sc6cc(-c7ccccc7)ccc6c45)c4ccc(-c5ccccc5)c5sc6cc(-c7ccccc7)ccc6c45)c3)cc2)cc1. The molecule has 0 unspecified atom stereocenters. The van der Waals surface area contributed by atoms with Gasteiger partial charge in [0.25, 0.3) is 0 Å². The first-order valence-corrected chi connectivity index (χ1v) is 23.0. The van der Waals surface area contributed by atoms with Crippen LogP contribution in [0.2, 0.25) is 0 Å². The summed E-state index contributed by atoms with van der Waals surface area (Å²) in [4.78, 5) is 2.54. The summed E-state index contributed by atoms with van der Waals surface area (Å²) in [6.07, 6.45) is 0. The van der Waals surface area contributed by atoms with Gasteiger partial charge in [0.2, 0.25) is 0 Å². The molecular weight excluding hydrogens is 799 g/mol. The molecule has 0 radical (unpaired) electrons. The molecule has 12 rings (SSSR count). The van der Waals surface area contributed by atoms with Gasteiger partial charge in [-0.3, -0.25) is 0 Å². The fourth-order valence-electron chi connectivity index (χ4n) is 9.23. The Morgan fingerprint density at radius 2 is 0.714 bits per heavy atom. The summed E-state index contributed by atoms with van der Waals surface area (Å²) in [6.45, 7) is 0. The molecule has 10 aromatic carbocycles. The van der Waals surface area contributed by atoms with E-state index < -0.39 is 0 Å². The maximum absolute atomic E-state index is 2.54. The normalized spacial score (nSPS) is 11.5. The van der Waals surface area contributed by atoms with Crippen molar-refractivity contribution in [2.45, 2.75) is 0 Å². The maximum Gasteiger partial charge on any atom is 0.0555 e. The number of hydrogen-bond acceptors (Lipinski definition) is 3. The van der Waals surface area contributed by atoms with Crippen molar-refractivity contribution in [2.75, 3.05) is 4.90 Å². The Hall–Kier alpha value is -7.56. The van der Waals surface area contributed by atoms with Crippen LogP contribution in [0.4, 0.5) is 17.1 Å². The lowest BCUT2D eigenvalue weighted by Gasteiger charge is -2.28. The molecule has 296 valence electrons. The van der Waals surface area contributed by atoms with Gasteiger partial charge in [-0.25, -0.2) is 0 Å². The van der Waals surface area contributed by atoms with Crippen LogP contribution < -0.4 is 4.90 Å². The summed E-state index contributed by atoms with van der Waals surface area (Å²) in [5.74, 6) is 0. The van der Waals surface area contributed by atoms with Gasteiger partial charge in [-0.1, -0.05) is 194 Å². The Balaban J connectivity index is 1.11. The Morgan fingerprint density at radius 1 is 0.270 bits per heavy atom. The molecule has 0 saturated carbocycles. The van der Waals surface area contributed by atoms with Gasteiger partial charge < -0.3 is 4.90 Å². The van der Waals surface area contributed by atoms with E-state index in [1.54, 1.807) is 0 Å². The van der Waals surface area contributed by atoms with Crippen LogP contribution in [0.15, 0.2) is 237 Å². The summed E-state index contributed by atoms with van der Waals surface area (Å²) < 4.78 is 5.11. The van der Waals surface area contributed by atoms with Gasteiger partial charge in [-0.2, -0.15) is 0 Å². The quantitative estimate of drug-likeness (QED) is 0.147. The van der Waals surface area contributed by atoms with Gasteiger partial charge in [0.05, 0.1) is 11.4 Å². The van der Waals surface area contributed by atoms with Gasteiger partial charge in [0, 0.05) is 46.0 Å². The van der Waals surface area contributed by atoms with Crippen LogP contribution in [0.3, 0.4) is 0 Å². The predicted octanol–water partition coefficient (Wildman–Crippen LogP) is 18.2. The smallest absolute Gasteiger partial charge is 0.0555 e. The van der Waals surface area contributed by atoms with E-state index in [4.69, 9.17) is 0 Å². The molecule has 0 aliphatic rings. The second kappa shape index (κ2) is 15.7. The average Bonchev–Trinajstić information content (AvgIpc) is 3.94.